The van der Waals surface area contributed by atoms with Gasteiger partial charge in [-0.3, -0.25) is 24.1 Å². The van der Waals surface area contributed by atoms with E-state index in [4.69, 9.17) is 9.47 Å². The van der Waals surface area contributed by atoms with Gasteiger partial charge in [0.05, 0.1) is 5.69 Å². The average Bonchev–Trinajstić information content (AvgIpc) is 2.88. The zero-order valence-corrected chi connectivity index (χ0v) is 19.8. The van der Waals surface area contributed by atoms with Gasteiger partial charge < -0.3 is 19.3 Å². The van der Waals surface area contributed by atoms with E-state index < -0.39 is 36.0 Å². The zero-order chi connectivity index (χ0) is 26.0. The highest BCUT2D eigenvalue weighted by Crippen LogP contribution is 2.35. The van der Waals surface area contributed by atoms with E-state index in [1.807, 2.05) is 0 Å². The van der Waals surface area contributed by atoms with E-state index in [0.717, 1.165) is 12.1 Å². The summed E-state index contributed by atoms with van der Waals surface area (Å²) in [5.74, 6) is -3.04. The van der Waals surface area contributed by atoms with Gasteiger partial charge in [0.15, 0.2) is 30.6 Å². The molecular formula is C25H25F2N3O6. The third-order valence-electron chi connectivity index (χ3n) is 6.20. The van der Waals surface area contributed by atoms with E-state index >= 15 is 0 Å². The van der Waals surface area contributed by atoms with Crippen molar-refractivity contribution < 1.29 is 37.4 Å². The summed E-state index contributed by atoms with van der Waals surface area (Å²) in [6.07, 6.45) is 0. The highest BCUT2D eigenvalue weighted by Gasteiger charge is 2.36. The molecule has 0 aliphatic carbocycles. The third-order valence-corrected chi connectivity index (χ3v) is 6.20. The van der Waals surface area contributed by atoms with Gasteiger partial charge in [0.2, 0.25) is 11.8 Å². The van der Waals surface area contributed by atoms with E-state index in [0.29, 0.717) is 31.9 Å². The Kier molecular flexibility index (Phi) is 7.18. The summed E-state index contributed by atoms with van der Waals surface area (Å²) in [5, 5.41) is 0. The lowest BCUT2D eigenvalue weighted by atomic mass is 10.1. The Morgan fingerprint density at radius 2 is 1.69 bits per heavy atom. The number of carbonyl (C=O) groups excluding carboxylic acids is 4. The molecule has 0 saturated carbocycles. The summed E-state index contributed by atoms with van der Waals surface area (Å²) in [6, 6.07) is 6.55. The minimum atomic E-state index is -1.10. The minimum Gasteiger partial charge on any atom is -0.485 e. The van der Waals surface area contributed by atoms with E-state index in [9.17, 15) is 28.0 Å². The Morgan fingerprint density at radius 3 is 2.36 bits per heavy atom. The number of ketones is 1. The van der Waals surface area contributed by atoms with Gasteiger partial charge in [-0.25, -0.2) is 8.78 Å². The first-order valence-corrected chi connectivity index (χ1v) is 11.4. The third kappa shape index (κ3) is 5.14. The molecule has 2 aliphatic heterocycles. The number of fused-ring (bicyclic) bond motifs is 1. The first kappa shape index (κ1) is 25.1. The Bertz CT molecular complexity index is 1210. The molecule has 0 N–H and O–H groups in total. The molecule has 1 saturated heterocycles. The molecule has 0 aromatic heterocycles. The molecule has 3 amide bonds. The van der Waals surface area contributed by atoms with Gasteiger partial charge in [-0.15, -0.1) is 0 Å². The van der Waals surface area contributed by atoms with Crippen LogP contribution in [-0.4, -0.2) is 78.7 Å². The molecule has 36 heavy (non-hydrogen) atoms. The summed E-state index contributed by atoms with van der Waals surface area (Å²) in [5.41, 5.74) is 0.461. The minimum absolute atomic E-state index is 0.00978. The Labute approximate surface area is 206 Å². The molecule has 9 nitrogen and oxygen atoms in total. The number of amides is 3. The Hall–Kier alpha value is -4.02. The van der Waals surface area contributed by atoms with Crippen LogP contribution < -0.4 is 14.4 Å². The molecule has 2 heterocycles. The Balaban J connectivity index is 1.49. The van der Waals surface area contributed by atoms with E-state index in [1.165, 1.54) is 36.1 Å². The lowest BCUT2D eigenvalue weighted by Gasteiger charge is -2.39. The average molecular weight is 501 g/mol. The van der Waals surface area contributed by atoms with Crippen LogP contribution in [0.5, 0.6) is 11.5 Å². The van der Waals surface area contributed by atoms with Gasteiger partial charge in [-0.05, 0) is 37.3 Å². The molecule has 0 radical (unpaired) electrons. The maximum Gasteiger partial charge on any atom is 0.265 e. The van der Waals surface area contributed by atoms with Crippen molar-refractivity contribution in [1.29, 1.82) is 0 Å². The van der Waals surface area contributed by atoms with Crippen LogP contribution in [0.2, 0.25) is 0 Å². The number of Topliss-reactive ketones (excluding diaryl/α,β-unsaturated/α-hetero) is 1. The maximum atomic E-state index is 13.4. The molecule has 0 bridgehead atoms. The zero-order valence-electron chi connectivity index (χ0n) is 19.8. The van der Waals surface area contributed by atoms with E-state index in [1.54, 1.807) is 16.7 Å². The molecular weight excluding hydrogens is 476 g/mol. The lowest BCUT2D eigenvalue weighted by molar-refractivity contribution is -0.140. The number of hydrogen-bond acceptors (Lipinski definition) is 6. The molecule has 2 aliphatic rings. The SMILES string of the molecule is CC(=O)N1CCN(C(=O)[C@@H](C)N2C(=O)COc3ccc(C(=O)COc4ccc(F)c(F)c4)cc32)CC1. The monoisotopic (exact) mass is 501 g/mol. The molecule has 1 fully saturated rings. The molecule has 190 valence electrons. The van der Waals surface area contributed by atoms with Crippen LogP contribution in [0.1, 0.15) is 24.2 Å². The van der Waals surface area contributed by atoms with Crippen molar-refractivity contribution in [3.8, 4) is 11.5 Å². The van der Waals surface area contributed by atoms with Crippen LogP contribution in [0.15, 0.2) is 36.4 Å². The predicted octanol–water partition coefficient (Wildman–Crippen LogP) is 2.03. The molecule has 2 aromatic carbocycles. The second-order valence-corrected chi connectivity index (χ2v) is 8.53. The summed E-state index contributed by atoms with van der Waals surface area (Å²) in [6.45, 7) is 3.92. The van der Waals surface area contributed by atoms with Crippen molar-refractivity contribution in [2.75, 3.05) is 44.3 Å². The van der Waals surface area contributed by atoms with Gasteiger partial charge in [0, 0.05) is 44.7 Å². The number of halogens is 2. The largest absolute Gasteiger partial charge is 0.485 e. The summed E-state index contributed by atoms with van der Waals surface area (Å²) in [7, 11) is 0. The maximum absolute atomic E-state index is 13.4. The molecule has 1 atom stereocenters. The normalized spacial score (nSPS) is 16.2. The van der Waals surface area contributed by atoms with E-state index in [2.05, 4.69) is 0 Å². The topological polar surface area (TPSA) is 96.5 Å². The number of nitrogens with zero attached hydrogens (tertiary/aromatic N) is 3. The first-order chi connectivity index (χ1) is 17.2. The van der Waals surface area contributed by atoms with Crippen molar-refractivity contribution in [1.82, 2.24) is 9.80 Å². The van der Waals surface area contributed by atoms with Crippen LogP contribution >= 0.6 is 0 Å². The van der Waals surface area contributed by atoms with Crippen molar-refractivity contribution in [3.05, 3.63) is 53.6 Å². The fourth-order valence-corrected chi connectivity index (χ4v) is 4.18. The summed E-state index contributed by atoms with van der Waals surface area (Å²) in [4.78, 5) is 54.9. The van der Waals surface area contributed by atoms with Crippen LogP contribution in [0.4, 0.5) is 14.5 Å². The van der Waals surface area contributed by atoms with Crippen LogP contribution in [-0.2, 0) is 14.4 Å². The highest BCUT2D eigenvalue weighted by atomic mass is 19.2. The highest BCUT2D eigenvalue weighted by molar-refractivity contribution is 6.06. The van der Waals surface area contributed by atoms with Crippen molar-refractivity contribution in [2.24, 2.45) is 0 Å². The lowest BCUT2D eigenvalue weighted by Crippen LogP contribution is -2.57. The second kappa shape index (κ2) is 10.3. The van der Waals surface area contributed by atoms with Crippen molar-refractivity contribution in [2.45, 2.75) is 19.9 Å². The molecule has 0 spiro atoms. The smallest absolute Gasteiger partial charge is 0.265 e. The second-order valence-electron chi connectivity index (χ2n) is 8.53. The van der Waals surface area contributed by atoms with Gasteiger partial charge in [-0.1, -0.05) is 0 Å². The summed E-state index contributed by atoms with van der Waals surface area (Å²) < 4.78 is 37.3. The van der Waals surface area contributed by atoms with E-state index in [-0.39, 0.29) is 35.4 Å². The quantitative estimate of drug-likeness (QED) is 0.562. The van der Waals surface area contributed by atoms with Crippen LogP contribution in [0, 0.1) is 11.6 Å². The number of hydrogen-bond donors (Lipinski definition) is 0. The Morgan fingerprint density at radius 1 is 1.00 bits per heavy atom. The molecule has 2 aromatic rings. The number of anilines is 1. The predicted molar refractivity (Wildman–Crippen MR) is 124 cm³/mol. The molecule has 0 unspecified atom stereocenters. The number of carbonyl (C=O) groups is 4. The molecule has 4 rings (SSSR count). The van der Waals surface area contributed by atoms with Crippen molar-refractivity contribution in [3.63, 3.8) is 0 Å². The number of piperazine rings is 1. The standard InChI is InChI=1S/C25H25F2N3O6/c1-15(25(34)29-9-7-28(8-10-29)16(2)31)30-21-11-17(3-6-23(21)36-14-24(30)33)22(32)13-35-18-4-5-19(26)20(27)12-18/h3-6,11-12,15H,7-10,13-14H2,1-2H3/t15-/m1/s1. The fraction of sp³-hybridized carbons (Fsp3) is 0.360. The number of ether oxygens (including phenoxy) is 2. The van der Waals surface area contributed by atoms with Crippen LogP contribution in [0.25, 0.3) is 0 Å². The van der Waals surface area contributed by atoms with Gasteiger partial charge >= 0.3 is 0 Å². The first-order valence-electron chi connectivity index (χ1n) is 11.4. The van der Waals surface area contributed by atoms with Crippen molar-refractivity contribution >= 4 is 29.2 Å². The van der Waals surface area contributed by atoms with Gasteiger partial charge in [-0.2, -0.15) is 0 Å². The van der Waals surface area contributed by atoms with Crippen LogP contribution in [0.3, 0.4) is 0 Å². The molecule has 11 heteroatoms. The number of benzene rings is 2. The van der Waals surface area contributed by atoms with Gasteiger partial charge in [0.25, 0.3) is 5.91 Å². The summed E-state index contributed by atoms with van der Waals surface area (Å²) >= 11 is 0. The fourth-order valence-electron chi connectivity index (χ4n) is 4.18. The number of rotatable bonds is 6. The van der Waals surface area contributed by atoms with Gasteiger partial charge in [0.1, 0.15) is 17.5 Å².